The zero-order valence-electron chi connectivity index (χ0n) is 11.6. The van der Waals surface area contributed by atoms with Crippen LogP contribution in [0.2, 0.25) is 0 Å². The van der Waals surface area contributed by atoms with E-state index in [1.807, 2.05) is 19.1 Å². The van der Waals surface area contributed by atoms with E-state index in [4.69, 9.17) is 5.73 Å². The van der Waals surface area contributed by atoms with Crippen LogP contribution in [0.25, 0.3) is 0 Å². The van der Waals surface area contributed by atoms with Crippen molar-refractivity contribution in [3.05, 3.63) is 41.5 Å². The number of hydrogen-bond donors (Lipinski definition) is 2. The maximum atomic E-state index is 12.1. The Kier molecular flexibility index (Phi) is 4.20. The monoisotopic (exact) mass is 274 g/mol. The summed E-state index contributed by atoms with van der Waals surface area (Å²) >= 11 is 0. The summed E-state index contributed by atoms with van der Waals surface area (Å²) in [6.45, 7) is 1.83. The SMILES string of the molecule is COC(=O)c1ccc(NC(=O)C2C=CC(N)C2)c(C)c1. The molecule has 106 valence electrons. The summed E-state index contributed by atoms with van der Waals surface area (Å²) in [6, 6.07) is 4.98. The molecule has 0 heterocycles. The number of nitrogens with two attached hydrogens (primary N) is 1. The van der Waals surface area contributed by atoms with Crippen molar-refractivity contribution in [3.8, 4) is 0 Å². The van der Waals surface area contributed by atoms with E-state index in [0.29, 0.717) is 17.7 Å². The predicted octanol–water partition coefficient (Wildman–Crippen LogP) is 1.62. The highest BCUT2D eigenvalue weighted by molar-refractivity contribution is 5.96. The molecule has 0 spiro atoms. The molecule has 2 atom stereocenters. The lowest BCUT2D eigenvalue weighted by Crippen LogP contribution is -2.24. The van der Waals surface area contributed by atoms with Crippen molar-refractivity contribution in [2.24, 2.45) is 11.7 Å². The molecule has 1 aliphatic rings. The minimum atomic E-state index is -0.393. The molecule has 20 heavy (non-hydrogen) atoms. The highest BCUT2D eigenvalue weighted by Gasteiger charge is 2.23. The number of carbonyl (C=O) groups is 2. The average Bonchev–Trinajstić information content (AvgIpc) is 2.86. The van der Waals surface area contributed by atoms with E-state index in [2.05, 4.69) is 10.1 Å². The molecule has 1 aromatic carbocycles. The van der Waals surface area contributed by atoms with Crippen LogP contribution in [0.4, 0.5) is 5.69 Å². The Morgan fingerprint density at radius 2 is 2.10 bits per heavy atom. The van der Waals surface area contributed by atoms with Gasteiger partial charge in [-0.05, 0) is 37.1 Å². The summed E-state index contributed by atoms with van der Waals surface area (Å²) in [5.74, 6) is -0.663. The molecule has 2 unspecified atom stereocenters. The Hall–Kier alpha value is -2.14. The van der Waals surface area contributed by atoms with E-state index in [1.54, 1.807) is 18.2 Å². The van der Waals surface area contributed by atoms with Crippen molar-refractivity contribution in [3.63, 3.8) is 0 Å². The van der Waals surface area contributed by atoms with Gasteiger partial charge in [-0.1, -0.05) is 12.2 Å². The lowest BCUT2D eigenvalue weighted by Gasteiger charge is -2.13. The number of ether oxygens (including phenoxy) is 1. The normalized spacial score (nSPS) is 20.8. The molecule has 2 rings (SSSR count). The molecule has 0 aromatic heterocycles. The zero-order valence-corrected chi connectivity index (χ0v) is 11.6. The maximum Gasteiger partial charge on any atom is 0.337 e. The van der Waals surface area contributed by atoms with E-state index >= 15 is 0 Å². The number of hydrogen-bond acceptors (Lipinski definition) is 4. The molecule has 0 saturated carbocycles. The second-order valence-corrected chi connectivity index (χ2v) is 4.90. The Morgan fingerprint density at radius 1 is 1.35 bits per heavy atom. The van der Waals surface area contributed by atoms with Crippen molar-refractivity contribution >= 4 is 17.6 Å². The molecule has 5 heteroatoms. The fourth-order valence-corrected chi connectivity index (χ4v) is 2.20. The summed E-state index contributed by atoms with van der Waals surface area (Å²) in [5, 5.41) is 2.86. The van der Waals surface area contributed by atoms with Crippen molar-refractivity contribution in [2.45, 2.75) is 19.4 Å². The standard InChI is InChI=1S/C15H18N2O3/c1-9-7-11(15(19)20-2)4-6-13(9)17-14(18)10-3-5-12(16)8-10/h3-7,10,12H,8,16H2,1-2H3,(H,17,18). The first-order chi connectivity index (χ1) is 9.51. The number of anilines is 1. The third kappa shape index (κ3) is 3.05. The number of nitrogens with one attached hydrogen (secondary N) is 1. The van der Waals surface area contributed by atoms with Gasteiger partial charge in [0.25, 0.3) is 0 Å². The Labute approximate surface area is 117 Å². The summed E-state index contributed by atoms with van der Waals surface area (Å²) < 4.78 is 4.66. The van der Waals surface area contributed by atoms with Crippen LogP contribution in [-0.2, 0) is 9.53 Å². The van der Waals surface area contributed by atoms with Gasteiger partial charge in [0.2, 0.25) is 5.91 Å². The fraction of sp³-hybridized carbons (Fsp3) is 0.333. The molecule has 1 amide bonds. The van der Waals surface area contributed by atoms with Gasteiger partial charge in [-0.2, -0.15) is 0 Å². The largest absolute Gasteiger partial charge is 0.465 e. The third-order valence-electron chi connectivity index (χ3n) is 3.36. The first kappa shape index (κ1) is 14.3. The lowest BCUT2D eigenvalue weighted by molar-refractivity contribution is -0.118. The molecule has 3 N–H and O–H groups in total. The lowest BCUT2D eigenvalue weighted by atomic mass is 10.1. The number of esters is 1. The predicted molar refractivity (Wildman–Crippen MR) is 76.4 cm³/mol. The van der Waals surface area contributed by atoms with Gasteiger partial charge in [0.1, 0.15) is 0 Å². The van der Waals surface area contributed by atoms with Crippen LogP contribution >= 0.6 is 0 Å². The van der Waals surface area contributed by atoms with Crippen molar-refractivity contribution in [1.29, 1.82) is 0 Å². The van der Waals surface area contributed by atoms with Crippen LogP contribution in [0, 0.1) is 12.8 Å². The van der Waals surface area contributed by atoms with Crippen molar-refractivity contribution in [2.75, 3.05) is 12.4 Å². The van der Waals surface area contributed by atoms with E-state index in [-0.39, 0.29) is 17.9 Å². The van der Waals surface area contributed by atoms with Gasteiger partial charge in [0.15, 0.2) is 0 Å². The molecule has 1 aliphatic carbocycles. The highest BCUT2D eigenvalue weighted by atomic mass is 16.5. The number of methoxy groups -OCH3 is 1. The second kappa shape index (κ2) is 5.88. The Bertz CT molecular complexity index is 566. The summed E-state index contributed by atoms with van der Waals surface area (Å²) in [7, 11) is 1.34. The van der Waals surface area contributed by atoms with Crippen LogP contribution in [0.5, 0.6) is 0 Å². The molecule has 1 aromatic rings. The van der Waals surface area contributed by atoms with E-state index in [0.717, 1.165) is 5.56 Å². The van der Waals surface area contributed by atoms with Crippen LogP contribution in [0.15, 0.2) is 30.4 Å². The minimum Gasteiger partial charge on any atom is -0.465 e. The van der Waals surface area contributed by atoms with Gasteiger partial charge in [-0.15, -0.1) is 0 Å². The number of aryl methyl sites for hydroxylation is 1. The molecule has 0 radical (unpaired) electrons. The van der Waals surface area contributed by atoms with Crippen LogP contribution in [-0.4, -0.2) is 25.0 Å². The van der Waals surface area contributed by atoms with Gasteiger partial charge in [-0.25, -0.2) is 4.79 Å². The highest BCUT2D eigenvalue weighted by Crippen LogP contribution is 2.21. The minimum absolute atomic E-state index is 0.0476. The number of amides is 1. The van der Waals surface area contributed by atoms with Crippen LogP contribution < -0.4 is 11.1 Å². The Morgan fingerprint density at radius 3 is 2.65 bits per heavy atom. The molecule has 0 saturated heterocycles. The average molecular weight is 274 g/mol. The topological polar surface area (TPSA) is 81.4 Å². The first-order valence-electron chi connectivity index (χ1n) is 6.45. The zero-order chi connectivity index (χ0) is 14.7. The molecule has 0 fully saturated rings. The smallest absolute Gasteiger partial charge is 0.337 e. The van der Waals surface area contributed by atoms with Crippen molar-refractivity contribution < 1.29 is 14.3 Å². The van der Waals surface area contributed by atoms with Crippen LogP contribution in [0.3, 0.4) is 0 Å². The molecule has 0 aliphatic heterocycles. The fourth-order valence-electron chi connectivity index (χ4n) is 2.20. The van der Waals surface area contributed by atoms with Gasteiger partial charge in [0.05, 0.1) is 18.6 Å². The van der Waals surface area contributed by atoms with Gasteiger partial charge < -0.3 is 15.8 Å². The van der Waals surface area contributed by atoms with Gasteiger partial charge >= 0.3 is 5.97 Å². The Balaban J connectivity index is 2.08. The van der Waals surface area contributed by atoms with Crippen LogP contribution in [0.1, 0.15) is 22.3 Å². The molecule has 0 bridgehead atoms. The number of carbonyl (C=O) groups excluding carboxylic acids is 2. The van der Waals surface area contributed by atoms with Crippen molar-refractivity contribution in [1.82, 2.24) is 0 Å². The maximum absolute atomic E-state index is 12.1. The molecule has 5 nitrogen and oxygen atoms in total. The number of benzene rings is 1. The quantitative estimate of drug-likeness (QED) is 0.648. The van der Waals surface area contributed by atoms with E-state index in [9.17, 15) is 9.59 Å². The summed E-state index contributed by atoms with van der Waals surface area (Å²) in [4.78, 5) is 23.5. The first-order valence-corrected chi connectivity index (χ1v) is 6.45. The second-order valence-electron chi connectivity index (χ2n) is 4.90. The third-order valence-corrected chi connectivity index (χ3v) is 3.36. The molecular weight excluding hydrogens is 256 g/mol. The van der Waals surface area contributed by atoms with E-state index < -0.39 is 5.97 Å². The van der Waals surface area contributed by atoms with E-state index in [1.165, 1.54) is 7.11 Å². The van der Waals surface area contributed by atoms with Gasteiger partial charge in [0, 0.05) is 11.7 Å². The number of rotatable bonds is 3. The summed E-state index contributed by atoms with van der Waals surface area (Å²) in [5.41, 5.74) is 7.70. The summed E-state index contributed by atoms with van der Waals surface area (Å²) in [6.07, 6.45) is 4.31. The van der Waals surface area contributed by atoms with Gasteiger partial charge in [-0.3, -0.25) is 4.79 Å². The molecular formula is C15H18N2O3.